The topological polar surface area (TPSA) is 178 Å². The van der Waals surface area contributed by atoms with Gasteiger partial charge in [-0.15, -0.1) is 0 Å². The normalized spacial score (nSPS) is 11.5. The number of hydrogen-bond donors (Lipinski definition) is 5. The van der Waals surface area contributed by atoms with E-state index in [9.17, 15) is 19.2 Å². The molecule has 0 aliphatic rings. The monoisotopic (exact) mass is 302 g/mol. The number of rotatable bonds is 1. The summed E-state index contributed by atoms with van der Waals surface area (Å²) in [5.41, 5.74) is -2.77. The Labute approximate surface area is 116 Å². The van der Waals surface area contributed by atoms with E-state index >= 15 is 0 Å². The largest absolute Gasteiger partial charge is 0.339 e. The van der Waals surface area contributed by atoms with E-state index in [1.807, 2.05) is 4.98 Å². The molecule has 0 unspecified atom stereocenters. The van der Waals surface area contributed by atoms with Crippen molar-refractivity contribution < 1.29 is 0 Å². The van der Waals surface area contributed by atoms with Crippen LogP contribution < -0.4 is 22.5 Å². The second-order valence-electron chi connectivity index (χ2n) is 4.39. The molecule has 12 heteroatoms. The Morgan fingerprint density at radius 1 is 0.909 bits per heavy atom. The molecular formula is C10H6N8O4. The number of H-pyrrole nitrogens is 5. The van der Waals surface area contributed by atoms with Gasteiger partial charge in [0.05, 0.1) is 6.33 Å². The van der Waals surface area contributed by atoms with Gasteiger partial charge >= 0.3 is 11.4 Å². The molecule has 4 heterocycles. The minimum Gasteiger partial charge on any atom is -0.339 e. The van der Waals surface area contributed by atoms with E-state index in [1.165, 1.54) is 6.33 Å². The Balaban J connectivity index is 2.16. The summed E-state index contributed by atoms with van der Waals surface area (Å²) < 4.78 is 0.977. The molecule has 0 bridgehead atoms. The first-order chi connectivity index (χ1) is 10.5. The number of fused-ring (bicyclic) bond motifs is 2. The maximum atomic E-state index is 12.0. The zero-order chi connectivity index (χ0) is 15.4. The Morgan fingerprint density at radius 2 is 1.68 bits per heavy atom. The predicted octanol–water partition coefficient (Wildman–Crippen LogP) is -2.35. The fraction of sp³-hybridized carbons (Fsp3) is 0. The summed E-state index contributed by atoms with van der Waals surface area (Å²) in [6.07, 6.45) is 1.24. The number of aromatic nitrogens is 8. The van der Waals surface area contributed by atoms with Crippen LogP contribution >= 0.6 is 0 Å². The van der Waals surface area contributed by atoms with E-state index in [-0.39, 0.29) is 28.3 Å². The first kappa shape index (κ1) is 12.1. The van der Waals surface area contributed by atoms with Gasteiger partial charge in [0, 0.05) is 0 Å². The van der Waals surface area contributed by atoms with Gasteiger partial charge < -0.3 is 9.97 Å². The van der Waals surface area contributed by atoms with Crippen molar-refractivity contribution in [1.82, 2.24) is 39.5 Å². The standard InChI is InChI=1S/C10H6N8O4/c19-6-2-4(15-9(21)16-6)14-8(13-2)18-5-3(11-1-12-5)7(20)17-10(18)22/h1H,(H,11,12)(H,17,20,22)(H3,13,14,15,16,19,21). The summed E-state index contributed by atoms with van der Waals surface area (Å²) in [6.45, 7) is 0. The van der Waals surface area contributed by atoms with Crippen LogP contribution in [-0.2, 0) is 0 Å². The van der Waals surface area contributed by atoms with Gasteiger partial charge in [-0.25, -0.2) is 19.1 Å². The first-order valence-electron chi connectivity index (χ1n) is 5.96. The second kappa shape index (κ2) is 3.91. The molecule has 4 aromatic rings. The highest BCUT2D eigenvalue weighted by Gasteiger charge is 2.16. The van der Waals surface area contributed by atoms with Crippen molar-refractivity contribution in [2.24, 2.45) is 0 Å². The average molecular weight is 302 g/mol. The van der Waals surface area contributed by atoms with Crippen LogP contribution in [0, 0.1) is 0 Å². The Morgan fingerprint density at radius 3 is 2.50 bits per heavy atom. The van der Waals surface area contributed by atoms with Crippen LogP contribution in [0.3, 0.4) is 0 Å². The second-order valence-corrected chi connectivity index (χ2v) is 4.39. The molecular weight excluding hydrogens is 296 g/mol. The van der Waals surface area contributed by atoms with Crippen LogP contribution in [0.2, 0.25) is 0 Å². The van der Waals surface area contributed by atoms with E-state index < -0.39 is 22.5 Å². The summed E-state index contributed by atoms with van der Waals surface area (Å²) in [7, 11) is 0. The van der Waals surface area contributed by atoms with Crippen LogP contribution in [-0.4, -0.2) is 39.5 Å². The molecule has 0 atom stereocenters. The maximum Gasteiger partial charge on any atom is 0.337 e. The van der Waals surface area contributed by atoms with Crippen molar-refractivity contribution in [3.63, 3.8) is 0 Å². The lowest BCUT2D eigenvalue weighted by Crippen LogP contribution is -2.30. The third-order valence-corrected chi connectivity index (χ3v) is 3.07. The van der Waals surface area contributed by atoms with E-state index in [0.717, 1.165) is 4.57 Å². The third kappa shape index (κ3) is 1.51. The highest BCUT2D eigenvalue weighted by molar-refractivity contribution is 5.73. The molecule has 0 saturated heterocycles. The van der Waals surface area contributed by atoms with Crippen LogP contribution in [0.1, 0.15) is 0 Å². The predicted molar refractivity (Wildman–Crippen MR) is 73.2 cm³/mol. The van der Waals surface area contributed by atoms with Gasteiger partial charge in [-0.2, -0.15) is 4.98 Å². The first-order valence-corrected chi connectivity index (χ1v) is 5.96. The van der Waals surface area contributed by atoms with Gasteiger partial charge in [-0.05, 0) is 0 Å². The fourth-order valence-electron chi connectivity index (χ4n) is 2.16. The molecule has 0 radical (unpaired) electrons. The molecule has 110 valence electrons. The summed E-state index contributed by atoms with van der Waals surface area (Å²) in [5.74, 6) is -0.0688. The molecule has 0 fully saturated rings. The summed E-state index contributed by atoms with van der Waals surface area (Å²) in [4.78, 5) is 66.1. The Hall–Kier alpha value is -3.70. The SMILES string of the molecule is O=c1[nH]c(=O)c2[nH]c(-n3c(=O)[nH]c(=O)c4[nH]cnc43)nc2[nH]1. The maximum absolute atomic E-state index is 12.0. The summed E-state index contributed by atoms with van der Waals surface area (Å²) >= 11 is 0. The van der Waals surface area contributed by atoms with Crippen molar-refractivity contribution in [1.29, 1.82) is 0 Å². The van der Waals surface area contributed by atoms with Gasteiger partial charge in [-0.3, -0.25) is 24.5 Å². The minimum atomic E-state index is -0.789. The molecule has 0 amide bonds. The van der Waals surface area contributed by atoms with E-state index in [4.69, 9.17) is 0 Å². The number of aromatic amines is 5. The minimum absolute atomic E-state index is 0.0172. The number of hydrogen-bond acceptors (Lipinski definition) is 6. The lowest BCUT2D eigenvalue weighted by Gasteiger charge is -2.00. The van der Waals surface area contributed by atoms with Crippen LogP contribution in [0.5, 0.6) is 0 Å². The number of nitrogens with one attached hydrogen (secondary N) is 5. The lowest BCUT2D eigenvalue weighted by molar-refractivity contribution is 0.881. The highest BCUT2D eigenvalue weighted by atomic mass is 16.2. The van der Waals surface area contributed by atoms with Gasteiger partial charge in [0.1, 0.15) is 5.52 Å². The molecule has 22 heavy (non-hydrogen) atoms. The van der Waals surface area contributed by atoms with Crippen molar-refractivity contribution >= 4 is 22.3 Å². The Bertz CT molecular complexity index is 1260. The molecule has 4 rings (SSSR count). The quantitative estimate of drug-likeness (QED) is 0.263. The van der Waals surface area contributed by atoms with Crippen LogP contribution in [0.25, 0.3) is 28.3 Å². The molecule has 0 aromatic carbocycles. The Kier molecular flexibility index (Phi) is 2.14. The number of nitrogens with zero attached hydrogens (tertiary/aromatic N) is 3. The molecule has 4 aromatic heterocycles. The van der Waals surface area contributed by atoms with Gasteiger partial charge in [0.15, 0.2) is 16.8 Å². The van der Waals surface area contributed by atoms with Crippen molar-refractivity contribution in [2.75, 3.05) is 0 Å². The van der Waals surface area contributed by atoms with Gasteiger partial charge in [0.2, 0.25) is 5.95 Å². The number of imidazole rings is 2. The zero-order valence-corrected chi connectivity index (χ0v) is 10.6. The molecule has 0 aliphatic heterocycles. The molecule has 0 saturated carbocycles. The molecule has 0 spiro atoms. The van der Waals surface area contributed by atoms with Gasteiger partial charge in [-0.1, -0.05) is 0 Å². The van der Waals surface area contributed by atoms with E-state index in [0.29, 0.717) is 0 Å². The van der Waals surface area contributed by atoms with Crippen molar-refractivity contribution in [3.8, 4) is 5.95 Å². The lowest BCUT2D eigenvalue weighted by atomic mass is 10.5. The van der Waals surface area contributed by atoms with E-state index in [1.54, 1.807) is 0 Å². The van der Waals surface area contributed by atoms with Crippen molar-refractivity contribution in [3.05, 3.63) is 48.0 Å². The van der Waals surface area contributed by atoms with Crippen molar-refractivity contribution in [2.45, 2.75) is 0 Å². The summed E-state index contributed by atoms with van der Waals surface area (Å²) in [6, 6.07) is 0. The molecule has 12 nitrogen and oxygen atoms in total. The highest BCUT2D eigenvalue weighted by Crippen LogP contribution is 2.09. The molecule has 0 aliphatic carbocycles. The smallest absolute Gasteiger partial charge is 0.337 e. The van der Waals surface area contributed by atoms with E-state index in [2.05, 4.69) is 29.9 Å². The average Bonchev–Trinajstić information content (AvgIpc) is 3.05. The third-order valence-electron chi connectivity index (χ3n) is 3.07. The zero-order valence-electron chi connectivity index (χ0n) is 10.6. The van der Waals surface area contributed by atoms with Crippen LogP contribution in [0.4, 0.5) is 0 Å². The summed E-state index contributed by atoms with van der Waals surface area (Å²) in [5, 5.41) is 0. The van der Waals surface area contributed by atoms with Crippen LogP contribution in [0.15, 0.2) is 25.5 Å². The fourth-order valence-corrected chi connectivity index (χ4v) is 2.16. The van der Waals surface area contributed by atoms with Gasteiger partial charge in [0.25, 0.3) is 11.1 Å². The molecule has 5 N–H and O–H groups in total.